The fourth-order valence-electron chi connectivity index (χ4n) is 3.04. The number of thiophene rings is 2. The second-order valence-electron chi connectivity index (χ2n) is 8.95. The fraction of sp³-hybridized carbons (Fsp3) is 0.364. The number of nitrogens with zero attached hydrogens (tertiary/aromatic N) is 2. The van der Waals surface area contributed by atoms with Crippen molar-refractivity contribution in [3.05, 3.63) is 46.2 Å². The Bertz CT molecular complexity index is 1010. The molecule has 0 N–H and O–H groups in total. The van der Waals surface area contributed by atoms with Crippen LogP contribution in [0.5, 0.6) is 0 Å². The van der Waals surface area contributed by atoms with Gasteiger partial charge in [0.2, 0.25) is 0 Å². The lowest BCUT2D eigenvalue weighted by atomic mass is 9.95. The first-order chi connectivity index (χ1) is 12.6. The van der Waals surface area contributed by atoms with Crippen LogP contribution in [0.1, 0.15) is 51.3 Å². The van der Waals surface area contributed by atoms with E-state index in [0.717, 1.165) is 11.0 Å². The van der Waals surface area contributed by atoms with Crippen LogP contribution in [-0.2, 0) is 10.8 Å². The Labute approximate surface area is 173 Å². The highest BCUT2D eigenvalue weighted by atomic mass is 32.1. The van der Waals surface area contributed by atoms with Crippen molar-refractivity contribution in [3.63, 3.8) is 0 Å². The average molecular weight is 413 g/mol. The molecule has 0 unspecified atom stereocenters. The van der Waals surface area contributed by atoms with Gasteiger partial charge in [0.1, 0.15) is 11.0 Å². The maximum absolute atomic E-state index is 4.65. The summed E-state index contributed by atoms with van der Waals surface area (Å²) in [5.74, 6) is 0. The molecule has 0 saturated carbocycles. The van der Waals surface area contributed by atoms with E-state index in [-0.39, 0.29) is 10.8 Å². The fourth-order valence-corrected chi connectivity index (χ4v) is 5.79. The maximum Gasteiger partial charge on any atom is 0.114 e. The van der Waals surface area contributed by atoms with Crippen LogP contribution in [0.25, 0.3) is 31.9 Å². The standard InChI is InChI=1S/C22H24N2S3/c1-21(2,3)17-11-9-15(25-17)13-7-8-14(20-19(13)23-27-24-20)16-10-12-18(26-16)22(4,5)6/h7-12H,1-6H3. The van der Waals surface area contributed by atoms with Gasteiger partial charge < -0.3 is 0 Å². The summed E-state index contributed by atoms with van der Waals surface area (Å²) in [5, 5.41) is 0. The van der Waals surface area contributed by atoms with E-state index in [1.54, 1.807) is 0 Å². The van der Waals surface area contributed by atoms with E-state index in [9.17, 15) is 0 Å². The highest BCUT2D eigenvalue weighted by Gasteiger charge is 2.21. The Morgan fingerprint density at radius 2 is 1.00 bits per heavy atom. The van der Waals surface area contributed by atoms with Gasteiger partial charge in [-0.1, -0.05) is 53.7 Å². The zero-order valence-electron chi connectivity index (χ0n) is 16.6. The third-order valence-electron chi connectivity index (χ3n) is 4.64. The number of benzene rings is 1. The van der Waals surface area contributed by atoms with Crippen molar-refractivity contribution in [1.29, 1.82) is 0 Å². The minimum absolute atomic E-state index is 0.169. The summed E-state index contributed by atoms with van der Waals surface area (Å²) in [6, 6.07) is 13.4. The highest BCUT2D eigenvalue weighted by Crippen LogP contribution is 2.42. The maximum atomic E-state index is 4.65. The number of hydrogen-bond donors (Lipinski definition) is 0. The average Bonchev–Trinajstić information content (AvgIpc) is 3.31. The van der Waals surface area contributed by atoms with Crippen molar-refractivity contribution in [1.82, 2.24) is 8.75 Å². The van der Waals surface area contributed by atoms with Gasteiger partial charge in [0.25, 0.3) is 0 Å². The first kappa shape index (κ1) is 18.8. The minimum atomic E-state index is 0.169. The SMILES string of the molecule is CC(C)(C)c1ccc(-c2ccc(-c3ccc(C(C)(C)C)s3)c3nsnc23)s1. The van der Waals surface area contributed by atoms with Crippen LogP contribution >= 0.6 is 34.4 Å². The highest BCUT2D eigenvalue weighted by molar-refractivity contribution is 7.16. The zero-order valence-corrected chi connectivity index (χ0v) is 19.0. The molecule has 0 aliphatic rings. The Morgan fingerprint density at radius 1 is 0.593 bits per heavy atom. The Kier molecular flexibility index (Phi) is 4.53. The molecule has 0 aliphatic carbocycles. The molecule has 27 heavy (non-hydrogen) atoms. The van der Waals surface area contributed by atoms with Crippen LogP contribution in [0, 0.1) is 0 Å². The molecular weight excluding hydrogens is 388 g/mol. The molecule has 4 aromatic rings. The first-order valence-corrected chi connectivity index (χ1v) is 11.5. The van der Waals surface area contributed by atoms with Crippen molar-refractivity contribution in [2.24, 2.45) is 0 Å². The van der Waals surface area contributed by atoms with Crippen LogP contribution < -0.4 is 0 Å². The van der Waals surface area contributed by atoms with Crippen molar-refractivity contribution < 1.29 is 0 Å². The van der Waals surface area contributed by atoms with Gasteiger partial charge >= 0.3 is 0 Å². The molecule has 4 rings (SSSR count). The molecule has 1 aromatic carbocycles. The summed E-state index contributed by atoms with van der Waals surface area (Å²) < 4.78 is 9.30. The lowest BCUT2D eigenvalue weighted by Crippen LogP contribution is -2.07. The molecule has 0 fully saturated rings. The molecule has 3 heterocycles. The molecule has 0 aliphatic heterocycles. The molecule has 2 nitrogen and oxygen atoms in total. The number of rotatable bonds is 2. The van der Waals surface area contributed by atoms with E-state index in [0.29, 0.717) is 0 Å². The Hall–Kier alpha value is -1.56. The number of hydrogen-bond acceptors (Lipinski definition) is 5. The van der Waals surface area contributed by atoms with Crippen molar-refractivity contribution in [3.8, 4) is 20.9 Å². The van der Waals surface area contributed by atoms with Crippen LogP contribution in [0.4, 0.5) is 0 Å². The van der Waals surface area contributed by atoms with Crippen LogP contribution in [0.2, 0.25) is 0 Å². The lowest BCUT2D eigenvalue weighted by molar-refractivity contribution is 0.603. The normalized spacial score (nSPS) is 12.8. The first-order valence-electron chi connectivity index (χ1n) is 9.11. The predicted octanol–water partition coefficient (Wildman–Crippen LogP) is 7.74. The minimum Gasteiger partial charge on any atom is -0.172 e. The summed E-state index contributed by atoms with van der Waals surface area (Å²) >= 11 is 5.02. The monoisotopic (exact) mass is 412 g/mol. The van der Waals surface area contributed by atoms with Gasteiger partial charge in [0, 0.05) is 30.6 Å². The van der Waals surface area contributed by atoms with Gasteiger partial charge in [-0.2, -0.15) is 8.75 Å². The molecule has 0 bridgehead atoms. The molecule has 0 spiro atoms. The van der Waals surface area contributed by atoms with E-state index in [1.807, 2.05) is 22.7 Å². The number of aromatic nitrogens is 2. The topological polar surface area (TPSA) is 25.8 Å². The zero-order chi connectivity index (χ0) is 19.4. The van der Waals surface area contributed by atoms with Crippen molar-refractivity contribution in [2.75, 3.05) is 0 Å². The summed E-state index contributed by atoms with van der Waals surface area (Å²) in [6.07, 6.45) is 0. The largest absolute Gasteiger partial charge is 0.172 e. The summed E-state index contributed by atoms with van der Waals surface area (Å²) in [7, 11) is 0. The molecule has 3 aromatic heterocycles. The van der Waals surface area contributed by atoms with Crippen LogP contribution in [0.3, 0.4) is 0 Å². The van der Waals surface area contributed by atoms with Gasteiger partial charge in [0.05, 0.1) is 11.7 Å². The summed E-state index contributed by atoms with van der Waals surface area (Å²) in [4.78, 5) is 5.33. The second kappa shape index (κ2) is 6.50. The molecule has 0 amide bonds. The van der Waals surface area contributed by atoms with Crippen LogP contribution in [0.15, 0.2) is 36.4 Å². The predicted molar refractivity (Wildman–Crippen MR) is 121 cm³/mol. The van der Waals surface area contributed by atoms with Gasteiger partial charge in [0.15, 0.2) is 0 Å². The van der Waals surface area contributed by atoms with Crippen molar-refractivity contribution in [2.45, 2.75) is 52.4 Å². The smallest absolute Gasteiger partial charge is 0.114 e. The van der Waals surface area contributed by atoms with Crippen LogP contribution in [-0.4, -0.2) is 8.75 Å². The molecule has 5 heteroatoms. The van der Waals surface area contributed by atoms with Gasteiger partial charge in [-0.05, 0) is 35.1 Å². The van der Waals surface area contributed by atoms with E-state index >= 15 is 0 Å². The summed E-state index contributed by atoms with van der Waals surface area (Å²) in [5.41, 5.74) is 4.76. The van der Waals surface area contributed by atoms with E-state index in [1.165, 1.54) is 42.4 Å². The summed E-state index contributed by atoms with van der Waals surface area (Å²) in [6.45, 7) is 13.6. The third kappa shape index (κ3) is 3.48. The molecule has 0 atom stereocenters. The molecule has 140 valence electrons. The molecule has 0 radical (unpaired) electrons. The second-order valence-corrected chi connectivity index (χ2v) is 11.6. The third-order valence-corrected chi connectivity index (χ3v) is 8.25. The lowest BCUT2D eigenvalue weighted by Gasteiger charge is -2.15. The van der Waals surface area contributed by atoms with E-state index < -0.39 is 0 Å². The van der Waals surface area contributed by atoms with Crippen molar-refractivity contribution >= 4 is 45.4 Å². The van der Waals surface area contributed by atoms with Gasteiger partial charge in [-0.3, -0.25) is 0 Å². The Balaban J connectivity index is 1.82. The molecule has 0 saturated heterocycles. The van der Waals surface area contributed by atoms with Gasteiger partial charge in [-0.25, -0.2) is 0 Å². The Morgan fingerprint density at radius 3 is 1.33 bits per heavy atom. The quantitative estimate of drug-likeness (QED) is 0.336. The molecular formula is C22H24N2S3. The number of fused-ring (bicyclic) bond motifs is 1. The van der Waals surface area contributed by atoms with Gasteiger partial charge in [-0.15, -0.1) is 22.7 Å². The van der Waals surface area contributed by atoms with E-state index in [4.69, 9.17) is 0 Å². The van der Waals surface area contributed by atoms with E-state index in [2.05, 4.69) is 86.7 Å².